The zero-order valence-corrected chi connectivity index (χ0v) is 13.7. The Morgan fingerprint density at radius 1 is 1.00 bits per heavy atom. The molecular formula is C19H17NO5. The van der Waals surface area contributed by atoms with Gasteiger partial charge in [-0.15, -0.1) is 0 Å². The van der Waals surface area contributed by atoms with Gasteiger partial charge >= 0.3 is 5.97 Å². The Morgan fingerprint density at radius 3 is 2.48 bits per heavy atom. The molecule has 0 unspecified atom stereocenters. The lowest BCUT2D eigenvalue weighted by Gasteiger charge is -2.08. The molecule has 2 aromatic carbocycles. The normalized spacial score (nSPS) is 10.4. The maximum Gasteiger partial charge on any atom is 0.355 e. The summed E-state index contributed by atoms with van der Waals surface area (Å²) in [7, 11) is 1.59. The standard InChI is InChI=1S/C19H17NO5/c1-23-13-6-8-14(9-7-13)24-10-11-25-19(22)17-12-18(21)15-4-2-3-5-16(15)20-17/h2-9,12H,10-11H2,1H3,(H,20,21). The Kier molecular flexibility index (Phi) is 4.99. The smallest absolute Gasteiger partial charge is 0.355 e. The number of carbonyl (C=O) groups is 1. The number of hydrogen-bond acceptors (Lipinski definition) is 5. The van der Waals surface area contributed by atoms with Crippen molar-refractivity contribution in [2.24, 2.45) is 0 Å². The highest BCUT2D eigenvalue weighted by Gasteiger charge is 2.10. The summed E-state index contributed by atoms with van der Waals surface area (Å²) in [6.45, 7) is 0.273. The maximum atomic E-state index is 12.1. The van der Waals surface area contributed by atoms with E-state index in [-0.39, 0.29) is 24.3 Å². The Bertz CT molecular complexity index is 930. The van der Waals surface area contributed by atoms with E-state index in [1.54, 1.807) is 55.6 Å². The summed E-state index contributed by atoms with van der Waals surface area (Å²) in [5, 5.41) is 0.530. The van der Waals surface area contributed by atoms with Crippen LogP contribution < -0.4 is 14.9 Å². The van der Waals surface area contributed by atoms with Crippen LogP contribution in [0.1, 0.15) is 10.5 Å². The van der Waals surface area contributed by atoms with Gasteiger partial charge in [0.25, 0.3) is 0 Å². The largest absolute Gasteiger partial charge is 0.497 e. The molecule has 0 spiro atoms. The number of aromatic amines is 1. The summed E-state index contributed by atoms with van der Waals surface area (Å²) in [5.74, 6) is 0.788. The van der Waals surface area contributed by atoms with E-state index >= 15 is 0 Å². The second kappa shape index (κ2) is 7.53. The first-order valence-corrected chi connectivity index (χ1v) is 7.73. The molecule has 1 N–H and O–H groups in total. The number of methoxy groups -OCH3 is 1. The number of benzene rings is 2. The average molecular weight is 339 g/mol. The molecule has 0 aliphatic rings. The highest BCUT2D eigenvalue weighted by molar-refractivity contribution is 5.90. The summed E-state index contributed by atoms with van der Waals surface area (Å²) < 4.78 is 15.7. The first-order valence-electron chi connectivity index (χ1n) is 7.73. The predicted octanol–water partition coefficient (Wildman–Crippen LogP) is 2.77. The van der Waals surface area contributed by atoms with Crippen molar-refractivity contribution >= 4 is 16.9 Å². The Balaban J connectivity index is 1.56. The summed E-state index contributed by atoms with van der Waals surface area (Å²) in [6.07, 6.45) is 0. The molecule has 0 fully saturated rings. The average Bonchev–Trinajstić information content (AvgIpc) is 2.65. The lowest BCUT2D eigenvalue weighted by Crippen LogP contribution is -2.16. The van der Waals surface area contributed by atoms with Gasteiger partial charge in [0.1, 0.15) is 30.4 Å². The number of nitrogens with one attached hydrogen (secondary N) is 1. The van der Waals surface area contributed by atoms with Crippen LogP contribution in [0, 0.1) is 0 Å². The summed E-state index contributed by atoms with van der Waals surface area (Å²) in [6, 6.07) is 15.3. The van der Waals surface area contributed by atoms with E-state index in [9.17, 15) is 9.59 Å². The number of carbonyl (C=O) groups excluding carboxylic acids is 1. The van der Waals surface area contributed by atoms with Gasteiger partial charge in [0.15, 0.2) is 5.43 Å². The number of hydrogen-bond donors (Lipinski definition) is 1. The van der Waals surface area contributed by atoms with Crippen molar-refractivity contribution in [1.82, 2.24) is 4.98 Å². The third-order valence-corrected chi connectivity index (χ3v) is 3.60. The van der Waals surface area contributed by atoms with Gasteiger partial charge in [-0.2, -0.15) is 0 Å². The zero-order valence-electron chi connectivity index (χ0n) is 13.7. The molecular weight excluding hydrogens is 322 g/mol. The van der Waals surface area contributed by atoms with Crippen molar-refractivity contribution in [3.05, 3.63) is 70.5 Å². The number of esters is 1. The first kappa shape index (κ1) is 16.6. The third-order valence-electron chi connectivity index (χ3n) is 3.60. The molecule has 0 aliphatic heterocycles. The van der Waals surface area contributed by atoms with Crippen LogP contribution in [0.25, 0.3) is 10.9 Å². The molecule has 0 saturated carbocycles. The zero-order chi connectivity index (χ0) is 17.6. The van der Waals surface area contributed by atoms with Gasteiger partial charge in [0, 0.05) is 17.0 Å². The second-order valence-electron chi connectivity index (χ2n) is 5.25. The van der Waals surface area contributed by atoms with E-state index in [1.807, 2.05) is 0 Å². The number of ether oxygens (including phenoxy) is 3. The van der Waals surface area contributed by atoms with Crippen molar-refractivity contribution in [3.8, 4) is 11.5 Å². The van der Waals surface area contributed by atoms with Crippen molar-refractivity contribution < 1.29 is 19.0 Å². The molecule has 6 nitrogen and oxygen atoms in total. The van der Waals surface area contributed by atoms with Crippen molar-refractivity contribution in [2.45, 2.75) is 0 Å². The molecule has 0 radical (unpaired) electrons. The third kappa shape index (κ3) is 3.98. The molecule has 6 heteroatoms. The highest BCUT2D eigenvalue weighted by Crippen LogP contribution is 2.16. The predicted molar refractivity (Wildman–Crippen MR) is 93.3 cm³/mol. The number of fused-ring (bicyclic) bond motifs is 1. The second-order valence-corrected chi connectivity index (χ2v) is 5.25. The van der Waals surface area contributed by atoms with E-state index in [1.165, 1.54) is 6.07 Å². The quantitative estimate of drug-likeness (QED) is 0.552. The van der Waals surface area contributed by atoms with Crippen molar-refractivity contribution in [3.63, 3.8) is 0 Å². The molecule has 0 saturated heterocycles. The van der Waals surface area contributed by atoms with E-state index in [4.69, 9.17) is 14.2 Å². The molecule has 0 aliphatic carbocycles. The fourth-order valence-corrected chi connectivity index (χ4v) is 2.35. The van der Waals surface area contributed by atoms with E-state index in [0.717, 1.165) is 5.75 Å². The monoisotopic (exact) mass is 339 g/mol. The van der Waals surface area contributed by atoms with Crippen LogP contribution in [0.15, 0.2) is 59.4 Å². The minimum absolute atomic E-state index is 0.0692. The van der Waals surface area contributed by atoms with Crippen LogP contribution in [0.4, 0.5) is 0 Å². The Hall–Kier alpha value is -3.28. The molecule has 0 bridgehead atoms. The Labute approximate surface area is 144 Å². The van der Waals surface area contributed by atoms with Gasteiger partial charge in [0.05, 0.1) is 7.11 Å². The van der Waals surface area contributed by atoms with E-state index < -0.39 is 5.97 Å². The van der Waals surface area contributed by atoms with Crippen molar-refractivity contribution in [1.29, 1.82) is 0 Å². The molecule has 128 valence electrons. The highest BCUT2D eigenvalue weighted by atomic mass is 16.6. The molecule has 0 atom stereocenters. The van der Waals surface area contributed by atoms with Gasteiger partial charge in [-0.3, -0.25) is 4.79 Å². The molecule has 3 aromatic rings. The van der Waals surface area contributed by atoms with Gasteiger partial charge in [0.2, 0.25) is 0 Å². The van der Waals surface area contributed by atoms with Gasteiger partial charge < -0.3 is 19.2 Å². The molecule has 0 amide bonds. The number of aromatic nitrogens is 1. The lowest BCUT2D eigenvalue weighted by atomic mass is 10.2. The molecule has 1 aromatic heterocycles. The summed E-state index contributed by atoms with van der Waals surface area (Å²) in [5.41, 5.74) is 0.486. The van der Waals surface area contributed by atoms with Gasteiger partial charge in [-0.05, 0) is 36.4 Å². The number of para-hydroxylation sites is 1. The SMILES string of the molecule is COc1ccc(OCCOC(=O)c2cc(=O)c3ccccc3[nH]2)cc1. The van der Waals surface area contributed by atoms with Gasteiger partial charge in [-0.1, -0.05) is 12.1 Å². The molecule has 3 rings (SSSR count). The maximum absolute atomic E-state index is 12.1. The van der Waals surface area contributed by atoms with Gasteiger partial charge in [-0.25, -0.2) is 4.79 Å². The number of rotatable bonds is 6. The van der Waals surface area contributed by atoms with E-state index in [0.29, 0.717) is 16.7 Å². The van der Waals surface area contributed by atoms with Crippen LogP contribution in [0.2, 0.25) is 0 Å². The topological polar surface area (TPSA) is 77.6 Å². The van der Waals surface area contributed by atoms with E-state index in [2.05, 4.69) is 4.98 Å². The first-order chi connectivity index (χ1) is 12.2. The van der Waals surface area contributed by atoms with Crippen LogP contribution in [0.5, 0.6) is 11.5 Å². The Morgan fingerprint density at radius 2 is 1.72 bits per heavy atom. The lowest BCUT2D eigenvalue weighted by molar-refractivity contribution is 0.0444. The fourth-order valence-electron chi connectivity index (χ4n) is 2.35. The summed E-state index contributed by atoms with van der Waals surface area (Å²) >= 11 is 0. The van der Waals surface area contributed by atoms with Crippen molar-refractivity contribution in [2.75, 3.05) is 20.3 Å². The minimum atomic E-state index is -0.596. The molecule has 1 heterocycles. The minimum Gasteiger partial charge on any atom is -0.497 e. The number of pyridine rings is 1. The summed E-state index contributed by atoms with van der Waals surface area (Å²) in [4.78, 5) is 27.0. The van der Waals surface area contributed by atoms with Crippen LogP contribution in [0.3, 0.4) is 0 Å². The van der Waals surface area contributed by atoms with Crippen LogP contribution in [-0.4, -0.2) is 31.3 Å². The fraction of sp³-hybridized carbons (Fsp3) is 0.158. The van der Waals surface area contributed by atoms with Crippen LogP contribution >= 0.6 is 0 Å². The molecule has 25 heavy (non-hydrogen) atoms. The van der Waals surface area contributed by atoms with Crippen LogP contribution in [-0.2, 0) is 4.74 Å². The number of H-pyrrole nitrogens is 1.